The molecule has 0 amide bonds. The Bertz CT molecular complexity index is 356. The first kappa shape index (κ1) is 7.23. The average molecular weight is 186 g/mol. The molecule has 0 aliphatic carbocycles. The largest absolute Gasteiger partial charge is 0.330 e. The molecule has 7 heteroatoms. The van der Waals surface area contributed by atoms with Gasteiger partial charge in [0.1, 0.15) is 0 Å². The maximum Gasteiger partial charge on any atom is 0.297 e. The number of H-pyrrole nitrogens is 1. The minimum absolute atomic E-state index is 0.195. The van der Waals surface area contributed by atoms with Crippen molar-refractivity contribution in [3.63, 3.8) is 0 Å². The van der Waals surface area contributed by atoms with Gasteiger partial charge in [-0.1, -0.05) is 5.16 Å². The van der Waals surface area contributed by atoms with Crippen molar-refractivity contribution in [2.24, 2.45) is 0 Å². The monoisotopic (exact) mass is 185 g/mol. The summed E-state index contributed by atoms with van der Waals surface area (Å²) < 4.78 is 4.80. The third kappa shape index (κ3) is 1.16. The van der Waals surface area contributed by atoms with Crippen LogP contribution in [0, 0.1) is 6.92 Å². The predicted molar refractivity (Wildman–Crippen MR) is 39.4 cm³/mol. The number of halogens is 1. The van der Waals surface area contributed by atoms with Crippen molar-refractivity contribution >= 4 is 11.6 Å². The number of aromatic amines is 1. The molecule has 0 atom stereocenters. The van der Waals surface area contributed by atoms with E-state index in [1.807, 2.05) is 0 Å². The molecule has 6 nitrogen and oxygen atoms in total. The van der Waals surface area contributed by atoms with E-state index in [0.717, 1.165) is 0 Å². The van der Waals surface area contributed by atoms with Gasteiger partial charge in [0, 0.05) is 0 Å². The topological polar surface area (TPSA) is 80.5 Å². The highest BCUT2D eigenvalue weighted by atomic mass is 35.5. The Hall–Kier alpha value is -1.43. The highest BCUT2D eigenvalue weighted by Crippen LogP contribution is 2.12. The second-order valence-corrected chi connectivity index (χ2v) is 2.45. The molecule has 0 spiro atoms. The third-order valence-corrected chi connectivity index (χ3v) is 1.35. The van der Waals surface area contributed by atoms with Gasteiger partial charge in [0.25, 0.3) is 5.89 Å². The van der Waals surface area contributed by atoms with Crippen molar-refractivity contribution in [2.45, 2.75) is 6.92 Å². The van der Waals surface area contributed by atoms with Gasteiger partial charge in [-0.15, -0.1) is 5.10 Å². The molecule has 12 heavy (non-hydrogen) atoms. The summed E-state index contributed by atoms with van der Waals surface area (Å²) in [5.41, 5.74) is 0. The Labute approximate surface area is 72.0 Å². The van der Waals surface area contributed by atoms with E-state index in [4.69, 9.17) is 16.1 Å². The molecule has 0 saturated heterocycles. The van der Waals surface area contributed by atoms with Crippen LogP contribution in [0.4, 0.5) is 0 Å². The molecule has 2 heterocycles. The first-order valence-electron chi connectivity index (χ1n) is 3.14. The summed E-state index contributed by atoms with van der Waals surface area (Å²) in [6.07, 6.45) is 0. The molecular formula is C5H4ClN5O. The second kappa shape index (κ2) is 2.56. The molecule has 0 fully saturated rings. The normalized spacial score (nSPS) is 10.5. The fraction of sp³-hybridized carbons (Fsp3) is 0.200. The highest BCUT2D eigenvalue weighted by molar-refractivity contribution is 6.28. The molecule has 2 aromatic rings. The molecule has 1 N–H and O–H groups in total. The number of hydrogen-bond acceptors (Lipinski definition) is 5. The van der Waals surface area contributed by atoms with Gasteiger partial charge in [-0.05, 0) is 18.5 Å². The van der Waals surface area contributed by atoms with Gasteiger partial charge in [-0.25, -0.2) is 5.10 Å². The molecule has 0 aromatic carbocycles. The van der Waals surface area contributed by atoms with Gasteiger partial charge in [-0.2, -0.15) is 9.97 Å². The lowest BCUT2D eigenvalue weighted by Gasteiger charge is -1.78. The Morgan fingerprint density at radius 1 is 1.42 bits per heavy atom. The number of aromatic nitrogens is 5. The molecule has 62 valence electrons. The van der Waals surface area contributed by atoms with Crippen molar-refractivity contribution in [3.05, 3.63) is 11.1 Å². The molecule has 2 aromatic heterocycles. The van der Waals surface area contributed by atoms with E-state index in [2.05, 4.69) is 25.3 Å². The van der Waals surface area contributed by atoms with Crippen LogP contribution in [0.3, 0.4) is 0 Å². The van der Waals surface area contributed by atoms with Crippen molar-refractivity contribution in [1.82, 2.24) is 25.3 Å². The van der Waals surface area contributed by atoms with E-state index >= 15 is 0 Å². The van der Waals surface area contributed by atoms with Crippen LogP contribution in [0.2, 0.25) is 5.28 Å². The highest BCUT2D eigenvalue weighted by Gasteiger charge is 2.10. The fourth-order valence-electron chi connectivity index (χ4n) is 0.726. The maximum absolute atomic E-state index is 5.50. The van der Waals surface area contributed by atoms with Crippen LogP contribution < -0.4 is 0 Å². The quantitative estimate of drug-likeness (QED) is 0.711. The number of hydrogen-bond donors (Lipinski definition) is 1. The van der Waals surface area contributed by atoms with Crippen LogP contribution >= 0.6 is 11.6 Å². The van der Waals surface area contributed by atoms with Crippen LogP contribution in [-0.4, -0.2) is 25.3 Å². The second-order valence-electron chi connectivity index (χ2n) is 2.10. The summed E-state index contributed by atoms with van der Waals surface area (Å²) in [6, 6.07) is 0. The molecule has 0 aliphatic heterocycles. The molecule has 0 saturated carbocycles. The molecule has 0 radical (unpaired) electrons. The van der Waals surface area contributed by atoms with Gasteiger partial charge in [0.15, 0.2) is 5.82 Å². The molecular weight excluding hydrogens is 182 g/mol. The Morgan fingerprint density at radius 2 is 2.25 bits per heavy atom. The zero-order chi connectivity index (χ0) is 8.55. The first-order valence-corrected chi connectivity index (χ1v) is 3.52. The molecule has 2 rings (SSSR count). The Balaban J connectivity index is 2.43. The summed E-state index contributed by atoms with van der Waals surface area (Å²) in [7, 11) is 0. The Morgan fingerprint density at radius 3 is 2.75 bits per heavy atom. The summed E-state index contributed by atoms with van der Waals surface area (Å²) in [5.74, 6) is 1.10. The number of rotatable bonds is 1. The van der Waals surface area contributed by atoms with E-state index in [9.17, 15) is 0 Å². The Kier molecular flexibility index (Phi) is 1.54. The van der Waals surface area contributed by atoms with E-state index in [1.54, 1.807) is 6.92 Å². The van der Waals surface area contributed by atoms with Crippen LogP contribution in [0.15, 0.2) is 4.52 Å². The van der Waals surface area contributed by atoms with E-state index in [1.165, 1.54) is 0 Å². The average Bonchev–Trinajstić information content (AvgIpc) is 2.58. The van der Waals surface area contributed by atoms with E-state index in [0.29, 0.717) is 11.6 Å². The smallest absolute Gasteiger partial charge is 0.297 e. The summed E-state index contributed by atoms with van der Waals surface area (Å²) in [4.78, 5) is 7.71. The van der Waals surface area contributed by atoms with Crippen LogP contribution in [-0.2, 0) is 0 Å². The summed E-state index contributed by atoms with van der Waals surface area (Å²) >= 11 is 5.50. The maximum atomic E-state index is 5.50. The predicted octanol–water partition coefficient (Wildman–Crippen LogP) is 0.817. The van der Waals surface area contributed by atoms with Gasteiger partial charge in [0.2, 0.25) is 11.1 Å². The van der Waals surface area contributed by atoms with Gasteiger partial charge in [0.05, 0.1) is 0 Å². The lowest BCUT2D eigenvalue weighted by molar-refractivity contribution is 0.423. The lowest BCUT2D eigenvalue weighted by Crippen LogP contribution is -1.80. The van der Waals surface area contributed by atoms with Gasteiger partial charge < -0.3 is 4.52 Å². The van der Waals surface area contributed by atoms with E-state index in [-0.39, 0.29) is 11.2 Å². The number of nitrogens with zero attached hydrogens (tertiary/aromatic N) is 4. The van der Waals surface area contributed by atoms with E-state index < -0.39 is 0 Å². The summed E-state index contributed by atoms with van der Waals surface area (Å²) in [5, 5.41) is 9.96. The van der Waals surface area contributed by atoms with Crippen molar-refractivity contribution in [1.29, 1.82) is 0 Å². The molecule has 0 unspecified atom stereocenters. The first-order chi connectivity index (χ1) is 5.75. The van der Waals surface area contributed by atoms with Crippen molar-refractivity contribution in [3.8, 4) is 11.7 Å². The van der Waals surface area contributed by atoms with Gasteiger partial charge >= 0.3 is 0 Å². The molecule has 0 bridgehead atoms. The standard InChI is InChI=1S/C5H4ClN5O/c1-2-7-4(12-11-2)3-8-5(6)10-9-3/h1H3,(H,8,9,10). The van der Waals surface area contributed by atoms with Crippen molar-refractivity contribution < 1.29 is 4.52 Å². The van der Waals surface area contributed by atoms with Crippen LogP contribution in [0.25, 0.3) is 11.7 Å². The minimum Gasteiger partial charge on any atom is -0.330 e. The van der Waals surface area contributed by atoms with Gasteiger partial charge in [-0.3, -0.25) is 0 Å². The fourth-order valence-corrected chi connectivity index (χ4v) is 0.848. The SMILES string of the molecule is Cc1noc(-c2n[nH]c(Cl)n2)n1. The van der Waals surface area contributed by atoms with Crippen molar-refractivity contribution in [2.75, 3.05) is 0 Å². The van der Waals surface area contributed by atoms with Crippen LogP contribution in [0.5, 0.6) is 0 Å². The number of nitrogens with one attached hydrogen (secondary N) is 1. The third-order valence-electron chi connectivity index (χ3n) is 1.18. The zero-order valence-electron chi connectivity index (χ0n) is 6.08. The lowest BCUT2D eigenvalue weighted by atomic mass is 10.6. The zero-order valence-corrected chi connectivity index (χ0v) is 6.83. The van der Waals surface area contributed by atoms with Crippen LogP contribution in [0.1, 0.15) is 5.82 Å². The summed E-state index contributed by atoms with van der Waals surface area (Å²) in [6.45, 7) is 1.71. The molecule has 0 aliphatic rings. The number of aryl methyl sites for hydroxylation is 1. The minimum atomic E-state index is 0.195.